The Bertz CT molecular complexity index is 1040. The van der Waals surface area contributed by atoms with Crippen LogP contribution in [0.15, 0.2) is 37.4 Å². The third-order valence-electron chi connectivity index (χ3n) is 4.19. The van der Waals surface area contributed by atoms with E-state index in [1.807, 2.05) is 19.1 Å². The number of nitrogens with zero attached hydrogens (tertiary/aromatic N) is 2. The molecular weight excluding hydrogens is 374 g/mol. The zero-order chi connectivity index (χ0) is 18.7. The number of rotatable bonds is 7. The van der Waals surface area contributed by atoms with Gasteiger partial charge in [-0.2, -0.15) is 0 Å². The summed E-state index contributed by atoms with van der Waals surface area (Å²) in [6.07, 6.45) is 2.65. The van der Waals surface area contributed by atoms with Gasteiger partial charge in [0.25, 0.3) is 0 Å². The fourth-order valence-corrected chi connectivity index (χ4v) is 4.01. The Balaban J connectivity index is 1.93. The summed E-state index contributed by atoms with van der Waals surface area (Å²) in [4.78, 5) is 23.8. The Morgan fingerprint density at radius 2 is 2.04 bits per heavy atom. The first-order valence-corrected chi connectivity index (χ1v) is 9.93. The van der Waals surface area contributed by atoms with Crippen LogP contribution in [0.4, 0.5) is 0 Å². The number of aromatic amines is 1. The summed E-state index contributed by atoms with van der Waals surface area (Å²) in [5, 5.41) is 8.65. The van der Waals surface area contributed by atoms with Gasteiger partial charge in [-0.3, -0.25) is 4.57 Å². The van der Waals surface area contributed by atoms with Crippen molar-refractivity contribution in [3.05, 3.63) is 55.3 Å². The van der Waals surface area contributed by atoms with Crippen LogP contribution in [-0.2, 0) is 18.7 Å². The largest absolute Gasteiger partial charge is 0.423 e. The topological polar surface area (TPSA) is 80.9 Å². The number of H-pyrrole nitrogens is 1. The summed E-state index contributed by atoms with van der Waals surface area (Å²) in [5.74, 6) is 0.486. The molecule has 2 heterocycles. The summed E-state index contributed by atoms with van der Waals surface area (Å²) >= 11 is 7.74. The van der Waals surface area contributed by atoms with Gasteiger partial charge in [-0.05, 0) is 36.1 Å². The summed E-state index contributed by atoms with van der Waals surface area (Å²) in [6.45, 7) is 4.69. The standard InChI is InChI=1S/C18H20ClN3O3S/c1-3-5-6-22-17(24)20-21-18(22)26-10-12-8-16(23)25-15-7-11(4-2)14(19)9-13(12)15/h7-9H,3-6,10H2,1-2H3,(H,20,24). The van der Waals surface area contributed by atoms with Crippen molar-refractivity contribution in [1.82, 2.24) is 14.8 Å². The molecule has 0 aliphatic carbocycles. The lowest BCUT2D eigenvalue weighted by Crippen LogP contribution is -2.17. The Morgan fingerprint density at radius 1 is 1.23 bits per heavy atom. The van der Waals surface area contributed by atoms with Gasteiger partial charge in [0.1, 0.15) is 5.58 Å². The van der Waals surface area contributed by atoms with Crippen LogP contribution in [0.2, 0.25) is 5.02 Å². The SMILES string of the molecule is CCCCn1c(SCc2cc(=O)oc3cc(CC)c(Cl)cc23)n[nH]c1=O. The average Bonchev–Trinajstić information content (AvgIpc) is 2.97. The van der Waals surface area contributed by atoms with Crippen molar-refractivity contribution in [2.75, 3.05) is 0 Å². The highest BCUT2D eigenvalue weighted by Crippen LogP contribution is 2.29. The molecule has 138 valence electrons. The number of thioether (sulfide) groups is 1. The van der Waals surface area contributed by atoms with Gasteiger partial charge in [-0.1, -0.05) is 43.6 Å². The molecule has 1 N–H and O–H groups in total. The van der Waals surface area contributed by atoms with Crippen LogP contribution in [0.5, 0.6) is 0 Å². The van der Waals surface area contributed by atoms with Gasteiger partial charge in [-0.25, -0.2) is 14.7 Å². The van der Waals surface area contributed by atoms with E-state index >= 15 is 0 Å². The van der Waals surface area contributed by atoms with Crippen molar-refractivity contribution >= 4 is 34.3 Å². The van der Waals surface area contributed by atoms with Crippen LogP contribution in [0.1, 0.15) is 37.8 Å². The maximum atomic E-state index is 11.9. The second kappa shape index (κ2) is 8.14. The summed E-state index contributed by atoms with van der Waals surface area (Å²) < 4.78 is 6.96. The monoisotopic (exact) mass is 393 g/mol. The van der Waals surface area contributed by atoms with E-state index in [1.54, 1.807) is 4.57 Å². The molecule has 8 heteroatoms. The van der Waals surface area contributed by atoms with Gasteiger partial charge >= 0.3 is 11.3 Å². The summed E-state index contributed by atoms with van der Waals surface area (Å²) in [7, 11) is 0. The molecule has 0 saturated heterocycles. The lowest BCUT2D eigenvalue weighted by molar-refractivity contribution is 0.559. The molecule has 1 aromatic carbocycles. The van der Waals surface area contributed by atoms with Crippen molar-refractivity contribution in [1.29, 1.82) is 0 Å². The second-order valence-corrected chi connectivity index (χ2v) is 7.34. The third kappa shape index (κ3) is 3.88. The molecule has 0 aliphatic heterocycles. The van der Waals surface area contributed by atoms with Gasteiger partial charge in [0.2, 0.25) is 0 Å². The first-order chi connectivity index (χ1) is 12.5. The molecule has 2 aromatic heterocycles. The fraction of sp³-hybridized carbons (Fsp3) is 0.389. The molecule has 0 unspecified atom stereocenters. The number of benzene rings is 1. The normalized spacial score (nSPS) is 11.3. The molecular formula is C18H20ClN3O3S. The fourth-order valence-electron chi connectivity index (χ4n) is 2.75. The number of hydrogen-bond acceptors (Lipinski definition) is 5. The van der Waals surface area contributed by atoms with E-state index in [0.29, 0.717) is 28.1 Å². The first kappa shape index (κ1) is 18.8. The molecule has 3 rings (SSSR count). The lowest BCUT2D eigenvalue weighted by atomic mass is 10.1. The number of hydrogen-bond donors (Lipinski definition) is 1. The molecule has 0 aliphatic rings. The van der Waals surface area contributed by atoms with Crippen molar-refractivity contribution in [2.24, 2.45) is 0 Å². The van der Waals surface area contributed by atoms with Crippen LogP contribution in [0.25, 0.3) is 11.0 Å². The van der Waals surface area contributed by atoms with E-state index in [0.717, 1.165) is 35.8 Å². The van der Waals surface area contributed by atoms with Gasteiger partial charge in [0, 0.05) is 28.8 Å². The molecule has 0 amide bonds. The number of unbranched alkanes of at least 4 members (excludes halogenated alkanes) is 1. The minimum Gasteiger partial charge on any atom is -0.423 e. The van der Waals surface area contributed by atoms with Crippen LogP contribution in [0, 0.1) is 0 Å². The zero-order valence-electron chi connectivity index (χ0n) is 14.7. The predicted octanol–water partition coefficient (Wildman–Crippen LogP) is 3.99. The minimum atomic E-state index is -0.400. The summed E-state index contributed by atoms with van der Waals surface area (Å²) in [5.41, 5.74) is 1.66. The maximum absolute atomic E-state index is 11.9. The molecule has 0 saturated carbocycles. The van der Waals surface area contributed by atoms with Crippen molar-refractivity contribution in [3.63, 3.8) is 0 Å². The molecule has 0 atom stereocenters. The van der Waals surface area contributed by atoms with Crippen molar-refractivity contribution in [3.8, 4) is 0 Å². The van der Waals surface area contributed by atoms with Crippen molar-refractivity contribution < 1.29 is 4.42 Å². The Hall–Kier alpha value is -1.99. The number of halogens is 1. The highest BCUT2D eigenvalue weighted by molar-refractivity contribution is 7.98. The molecule has 0 spiro atoms. The van der Waals surface area contributed by atoms with Crippen LogP contribution in [-0.4, -0.2) is 14.8 Å². The highest BCUT2D eigenvalue weighted by Gasteiger charge is 2.13. The second-order valence-electron chi connectivity index (χ2n) is 5.99. The van der Waals surface area contributed by atoms with E-state index in [-0.39, 0.29) is 5.69 Å². The highest BCUT2D eigenvalue weighted by atomic mass is 35.5. The number of aryl methyl sites for hydroxylation is 1. The predicted molar refractivity (Wildman–Crippen MR) is 104 cm³/mol. The molecule has 6 nitrogen and oxygen atoms in total. The molecule has 26 heavy (non-hydrogen) atoms. The minimum absolute atomic E-state index is 0.214. The van der Waals surface area contributed by atoms with Gasteiger partial charge in [0.05, 0.1) is 0 Å². The van der Waals surface area contributed by atoms with Crippen LogP contribution >= 0.6 is 23.4 Å². The Kier molecular flexibility index (Phi) is 5.88. The first-order valence-electron chi connectivity index (χ1n) is 8.56. The maximum Gasteiger partial charge on any atom is 0.343 e. The molecule has 3 aromatic rings. The van der Waals surface area contributed by atoms with Crippen LogP contribution in [0.3, 0.4) is 0 Å². The van der Waals surface area contributed by atoms with Crippen molar-refractivity contribution in [2.45, 2.75) is 50.6 Å². The summed E-state index contributed by atoms with van der Waals surface area (Å²) in [6, 6.07) is 5.13. The van der Waals surface area contributed by atoms with Crippen LogP contribution < -0.4 is 11.3 Å². The van der Waals surface area contributed by atoms with Gasteiger partial charge in [-0.15, -0.1) is 5.10 Å². The van der Waals surface area contributed by atoms with Gasteiger partial charge < -0.3 is 4.42 Å². The number of aromatic nitrogens is 3. The lowest BCUT2D eigenvalue weighted by Gasteiger charge is -2.09. The molecule has 0 radical (unpaired) electrons. The van der Waals surface area contributed by atoms with E-state index in [4.69, 9.17) is 16.0 Å². The third-order valence-corrected chi connectivity index (χ3v) is 5.57. The van der Waals surface area contributed by atoms with E-state index in [2.05, 4.69) is 17.1 Å². The molecule has 0 fully saturated rings. The smallest absolute Gasteiger partial charge is 0.343 e. The van der Waals surface area contributed by atoms with Gasteiger partial charge in [0.15, 0.2) is 5.16 Å². The number of fused-ring (bicyclic) bond motifs is 1. The average molecular weight is 394 g/mol. The van der Waals surface area contributed by atoms with E-state index in [9.17, 15) is 9.59 Å². The zero-order valence-corrected chi connectivity index (χ0v) is 16.2. The van der Waals surface area contributed by atoms with E-state index < -0.39 is 5.63 Å². The Morgan fingerprint density at radius 3 is 2.77 bits per heavy atom. The van der Waals surface area contributed by atoms with E-state index in [1.165, 1.54) is 17.8 Å². The number of nitrogens with one attached hydrogen (secondary N) is 1. The molecule has 0 bridgehead atoms. The Labute approximate surface area is 159 Å². The quantitative estimate of drug-likeness (QED) is 0.485.